The number of alkyl halides is 3. The first kappa shape index (κ1) is 19.8. The van der Waals surface area contributed by atoms with Crippen LogP contribution in [0.1, 0.15) is 21.5 Å². The van der Waals surface area contributed by atoms with E-state index in [1.807, 2.05) is 0 Å². The lowest BCUT2D eigenvalue weighted by atomic mass is 10.1. The Kier molecular flexibility index (Phi) is 6.68. The van der Waals surface area contributed by atoms with E-state index in [0.29, 0.717) is 10.5 Å². The molecule has 0 spiro atoms. The van der Waals surface area contributed by atoms with Crippen LogP contribution in [0.5, 0.6) is 0 Å². The molecule has 0 unspecified atom stereocenters. The Hall–Kier alpha value is -2.48. The number of carbonyl (C=O) groups excluding carboxylic acids is 2. The maximum absolute atomic E-state index is 12.7. The summed E-state index contributed by atoms with van der Waals surface area (Å²) in [6.07, 6.45) is -4.41. The predicted octanol–water partition coefficient (Wildman–Crippen LogP) is 3.90. The van der Waals surface area contributed by atoms with Gasteiger partial charge in [-0.05, 0) is 35.9 Å². The zero-order valence-electron chi connectivity index (χ0n) is 13.8. The molecule has 0 atom stereocenters. The van der Waals surface area contributed by atoms with E-state index in [1.54, 1.807) is 24.3 Å². The fraction of sp³-hybridized carbons (Fsp3) is 0.222. The molecule has 0 saturated heterocycles. The minimum atomic E-state index is -4.41. The highest BCUT2D eigenvalue weighted by Gasteiger charge is 2.30. The van der Waals surface area contributed by atoms with Gasteiger partial charge in [0.05, 0.1) is 24.0 Å². The van der Waals surface area contributed by atoms with Crippen LogP contribution in [0.25, 0.3) is 0 Å². The zero-order chi connectivity index (χ0) is 19.2. The van der Waals surface area contributed by atoms with E-state index < -0.39 is 17.7 Å². The summed E-state index contributed by atoms with van der Waals surface area (Å²) in [7, 11) is 1.29. The normalized spacial score (nSPS) is 11.1. The minimum absolute atomic E-state index is 0.00154. The summed E-state index contributed by atoms with van der Waals surface area (Å²) in [4.78, 5) is 23.6. The van der Waals surface area contributed by atoms with Gasteiger partial charge in [-0.25, -0.2) is 4.79 Å². The zero-order valence-corrected chi connectivity index (χ0v) is 14.6. The average molecular weight is 383 g/mol. The molecule has 8 heteroatoms. The Morgan fingerprint density at radius 1 is 1.12 bits per heavy atom. The van der Waals surface area contributed by atoms with Crippen LogP contribution in [-0.4, -0.2) is 24.7 Å². The summed E-state index contributed by atoms with van der Waals surface area (Å²) in [5.74, 6) is -0.746. The number of esters is 1. The third-order valence-corrected chi connectivity index (χ3v) is 4.39. The van der Waals surface area contributed by atoms with Gasteiger partial charge in [0.2, 0.25) is 5.91 Å². The molecule has 26 heavy (non-hydrogen) atoms. The number of halogens is 3. The Balaban J connectivity index is 1.83. The van der Waals surface area contributed by atoms with Crippen molar-refractivity contribution in [1.82, 2.24) is 5.32 Å². The number of hydrogen-bond donors (Lipinski definition) is 1. The second-order valence-corrected chi connectivity index (χ2v) is 6.33. The Labute approximate surface area is 152 Å². The third-order valence-electron chi connectivity index (χ3n) is 3.40. The standard InChI is InChI=1S/C18H16F3NO3S/c1-25-17(24)13-7-5-12(6-8-13)10-22-16(23)11-26-15-4-2-3-14(9-15)18(19,20)21/h2-9H,10-11H2,1H3,(H,22,23). The summed E-state index contributed by atoms with van der Waals surface area (Å²) in [6, 6.07) is 11.4. The molecule has 0 saturated carbocycles. The lowest BCUT2D eigenvalue weighted by molar-refractivity contribution is -0.137. The number of nitrogens with one attached hydrogen (secondary N) is 1. The molecule has 0 heterocycles. The Bertz CT molecular complexity index is 776. The van der Waals surface area contributed by atoms with Gasteiger partial charge in [0.1, 0.15) is 0 Å². The van der Waals surface area contributed by atoms with Crippen molar-refractivity contribution in [2.24, 2.45) is 0 Å². The lowest BCUT2D eigenvalue weighted by Crippen LogP contribution is -2.24. The van der Waals surface area contributed by atoms with Crippen molar-refractivity contribution >= 4 is 23.6 Å². The van der Waals surface area contributed by atoms with Crippen LogP contribution in [0.3, 0.4) is 0 Å². The molecule has 0 radical (unpaired) electrons. The van der Waals surface area contributed by atoms with E-state index in [1.165, 1.54) is 19.2 Å². The molecular formula is C18H16F3NO3S. The van der Waals surface area contributed by atoms with Crippen molar-refractivity contribution < 1.29 is 27.5 Å². The van der Waals surface area contributed by atoms with Crippen LogP contribution in [0.15, 0.2) is 53.4 Å². The van der Waals surface area contributed by atoms with Crippen LogP contribution >= 0.6 is 11.8 Å². The number of benzene rings is 2. The molecule has 0 aromatic heterocycles. The number of ether oxygens (including phenoxy) is 1. The number of rotatable bonds is 6. The molecule has 4 nitrogen and oxygen atoms in total. The molecule has 138 valence electrons. The van der Waals surface area contributed by atoms with E-state index in [4.69, 9.17) is 0 Å². The van der Waals surface area contributed by atoms with Gasteiger partial charge in [0.15, 0.2) is 0 Å². The summed E-state index contributed by atoms with van der Waals surface area (Å²) in [5.41, 5.74) is 0.450. The van der Waals surface area contributed by atoms with E-state index in [-0.39, 0.29) is 18.2 Å². The second kappa shape index (κ2) is 8.75. The number of methoxy groups -OCH3 is 1. The van der Waals surface area contributed by atoms with Gasteiger partial charge < -0.3 is 10.1 Å². The number of amides is 1. The van der Waals surface area contributed by atoms with Crippen molar-refractivity contribution in [1.29, 1.82) is 0 Å². The average Bonchev–Trinajstić information content (AvgIpc) is 2.64. The summed E-state index contributed by atoms with van der Waals surface area (Å²) in [5, 5.41) is 2.68. The van der Waals surface area contributed by atoms with Crippen LogP contribution in [-0.2, 0) is 22.3 Å². The monoisotopic (exact) mass is 383 g/mol. The minimum Gasteiger partial charge on any atom is -0.465 e. The quantitative estimate of drug-likeness (QED) is 0.607. The van der Waals surface area contributed by atoms with Gasteiger partial charge >= 0.3 is 12.1 Å². The van der Waals surface area contributed by atoms with Gasteiger partial charge in [-0.2, -0.15) is 13.2 Å². The van der Waals surface area contributed by atoms with Crippen LogP contribution in [0.4, 0.5) is 13.2 Å². The van der Waals surface area contributed by atoms with Crippen molar-refractivity contribution in [3.05, 3.63) is 65.2 Å². The Morgan fingerprint density at radius 2 is 1.81 bits per heavy atom. The summed E-state index contributed by atoms with van der Waals surface area (Å²) >= 11 is 1.03. The van der Waals surface area contributed by atoms with Gasteiger partial charge in [0, 0.05) is 11.4 Å². The number of carbonyl (C=O) groups is 2. The van der Waals surface area contributed by atoms with Crippen LogP contribution < -0.4 is 5.32 Å². The van der Waals surface area contributed by atoms with Crippen molar-refractivity contribution in [3.63, 3.8) is 0 Å². The van der Waals surface area contributed by atoms with Crippen molar-refractivity contribution in [3.8, 4) is 0 Å². The molecule has 0 aliphatic heterocycles. The fourth-order valence-corrected chi connectivity index (χ4v) is 2.82. The SMILES string of the molecule is COC(=O)c1ccc(CNC(=O)CSc2cccc(C(F)(F)F)c2)cc1. The van der Waals surface area contributed by atoms with Crippen molar-refractivity contribution in [2.75, 3.05) is 12.9 Å². The van der Waals surface area contributed by atoms with Crippen LogP contribution in [0, 0.1) is 0 Å². The molecule has 0 aliphatic rings. The van der Waals surface area contributed by atoms with E-state index in [0.717, 1.165) is 29.5 Å². The van der Waals surface area contributed by atoms with Crippen LogP contribution in [0.2, 0.25) is 0 Å². The maximum Gasteiger partial charge on any atom is 0.416 e. The first-order chi connectivity index (χ1) is 12.3. The molecule has 0 aliphatic carbocycles. The highest BCUT2D eigenvalue weighted by Crippen LogP contribution is 2.31. The molecule has 1 amide bonds. The van der Waals surface area contributed by atoms with Crippen molar-refractivity contribution in [2.45, 2.75) is 17.6 Å². The highest BCUT2D eigenvalue weighted by molar-refractivity contribution is 8.00. The van der Waals surface area contributed by atoms with E-state index in [2.05, 4.69) is 10.1 Å². The molecule has 2 aromatic rings. The fourth-order valence-electron chi connectivity index (χ4n) is 2.04. The first-order valence-corrected chi connectivity index (χ1v) is 8.52. The van der Waals surface area contributed by atoms with E-state index >= 15 is 0 Å². The molecular weight excluding hydrogens is 367 g/mol. The summed E-state index contributed by atoms with van der Waals surface area (Å²) < 4.78 is 42.6. The number of hydrogen-bond acceptors (Lipinski definition) is 4. The first-order valence-electron chi connectivity index (χ1n) is 7.53. The third kappa shape index (κ3) is 5.80. The summed E-state index contributed by atoms with van der Waals surface area (Å²) in [6.45, 7) is 0.253. The Morgan fingerprint density at radius 3 is 2.42 bits per heavy atom. The van der Waals surface area contributed by atoms with Gasteiger partial charge in [-0.3, -0.25) is 4.79 Å². The number of thioether (sulfide) groups is 1. The lowest BCUT2D eigenvalue weighted by Gasteiger charge is -2.09. The van der Waals surface area contributed by atoms with Gasteiger partial charge in [0.25, 0.3) is 0 Å². The predicted molar refractivity (Wildman–Crippen MR) is 91.8 cm³/mol. The maximum atomic E-state index is 12.7. The highest BCUT2D eigenvalue weighted by atomic mass is 32.2. The van der Waals surface area contributed by atoms with E-state index in [9.17, 15) is 22.8 Å². The topological polar surface area (TPSA) is 55.4 Å². The molecule has 2 aromatic carbocycles. The molecule has 2 rings (SSSR count). The van der Waals surface area contributed by atoms with Gasteiger partial charge in [-0.15, -0.1) is 11.8 Å². The van der Waals surface area contributed by atoms with Gasteiger partial charge in [-0.1, -0.05) is 18.2 Å². The molecule has 0 bridgehead atoms. The largest absolute Gasteiger partial charge is 0.465 e. The molecule has 0 fully saturated rings. The second-order valence-electron chi connectivity index (χ2n) is 5.28. The smallest absolute Gasteiger partial charge is 0.416 e. The molecule has 1 N–H and O–H groups in total.